The molecule has 4 nitrogen and oxygen atoms in total. The van der Waals surface area contributed by atoms with Gasteiger partial charge in [0.15, 0.2) is 0 Å². The lowest BCUT2D eigenvalue weighted by molar-refractivity contribution is -0.406. The monoisotopic (exact) mass is 581 g/mol. The molecule has 0 aliphatic heterocycles. The molecule has 2 rings (SSSR count). The standard InChI is InChI=1S/C20H19F12NO3S/c1-2-36-13(34)11-9-7-5-3-4-6-8-10(9)37-12(11)33-15(35)17(25,26)19(29,30)20(31,32)18(27,28)16(23,24)14(21)22/h14H,2-8H2,1H3,(H,33,35). The number of halogens is 12. The van der Waals surface area contributed by atoms with E-state index in [4.69, 9.17) is 4.74 Å². The summed E-state index contributed by atoms with van der Waals surface area (Å²) in [5.74, 6) is -41.7. The van der Waals surface area contributed by atoms with Crippen molar-refractivity contribution in [2.45, 2.75) is 81.5 Å². The van der Waals surface area contributed by atoms with E-state index in [9.17, 15) is 62.3 Å². The van der Waals surface area contributed by atoms with E-state index in [1.807, 2.05) is 0 Å². The van der Waals surface area contributed by atoms with Crippen LogP contribution in [0.1, 0.15) is 53.4 Å². The van der Waals surface area contributed by atoms with Gasteiger partial charge in [0.2, 0.25) is 0 Å². The zero-order valence-electron chi connectivity index (χ0n) is 18.7. The zero-order chi connectivity index (χ0) is 28.6. The number of ether oxygens (including phenoxy) is 1. The van der Waals surface area contributed by atoms with Crippen molar-refractivity contribution in [3.05, 3.63) is 16.0 Å². The van der Waals surface area contributed by atoms with Crippen LogP contribution >= 0.6 is 11.3 Å². The molecular weight excluding hydrogens is 562 g/mol. The number of anilines is 1. The second-order valence-corrected chi connectivity index (χ2v) is 9.12. The molecule has 0 saturated carbocycles. The van der Waals surface area contributed by atoms with Crippen molar-refractivity contribution in [2.75, 3.05) is 11.9 Å². The summed E-state index contributed by atoms with van der Waals surface area (Å²) >= 11 is 0.449. The molecule has 0 saturated heterocycles. The number of aryl methyl sites for hydroxylation is 1. The Hall–Kier alpha value is -2.20. The smallest absolute Gasteiger partial charge is 0.393 e. The quantitative estimate of drug-likeness (QED) is 0.253. The first-order valence-corrected chi connectivity index (χ1v) is 11.4. The molecule has 1 aliphatic rings. The van der Waals surface area contributed by atoms with Crippen LogP contribution in [0.5, 0.6) is 0 Å². The van der Waals surface area contributed by atoms with Crippen LogP contribution in [0.3, 0.4) is 0 Å². The fourth-order valence-corrected chi connectivity index (χ4v) is 4.76. The van der Waals surface area contributed by atoms with Gasteiger partial charge in [-0.05, 0) is 38.2 Å². The van der Waals surface area contributed by atoms with Crippen LogP contribution in [-0.4, -0.2) is 54.5 Å². The minimum atomic E-state index is -7.84. The first-order chi connectivity index (χ1) is 16.8. The van der Waals surface area contributed by atoms with Crippen LogP contribution in [0.2, 0.25) is 0 Å². The van der Waals surface area contributed by atoms with E-state index < -0.39 is 58.5 Å². The highest BCUT2D eigenvalue weighted by molar-refractivity contribution is 7.17. The van der Waals surface area contributed by atoms with Crippen molar-refractivity contribution in [1.82, 2.24) is 0 Å². The summed E-state index contributed by atoms with van der Waals surface area (Å²) in [6, 6.07) is 0. The average molecular weight is 581 g/mol. The molecule has 0 spiro atoms. The first kappa shape index (κ1) is 31.0. The molecule has 0 bridgehead atoms. The van der Waals surface area contributed by atoms with Crippen molar-refractivity contribution in [3.63, 3.8) is 0 Å². The van der Waals surface area contributed by atoms with E-state index in [0.717, 1.165) is 11.7 Å². The van der Waals surface area contributed by atoms with Crippen molar-refractivity contribution in [3.8, 4) is 0 Å². The van der Waals surface area contributed by atoms with Crippen molar-refractivity contribution >= 4 is 28.2 Å². The zero-order valence-corrected chi connectivity index (χ0v) is 19.5. The Kier molecular flexibility index (Phi) is 8.82. The minimum absolute atomic E-state index is 0.162. The third kappa shape index (κ3) is 5.11. The maximum absolute atomic E-state index is 14.3. The van der Waals surface area contributed by atoms with Gasteiger partial charge in [-0.15, -0.1) is 11.3 Å². The topological polar surface area (TPSA) is 55.4 Å². The van der Waals surface area contributed by atoms with Crippen LogP contribution in [0, 0.1) is 0 Å². The Bertz CT molecular complexity index is 1010. The number of hydrogen-bond donors (Lipinski definition) is 1. The summed E-state index contributed by atoms with van der Waals surface area (Å²) in [5.41, 5.74) is -0.334. The fraction of sp³-hybridized carbons (Fsp3) is 0.700. The molecule has 1 amide bonds. The van der Waals surface area contributed by atoms with Crippen LogP contribution in [-0.2, 0) is 22.4 Å². The summed E-state index contributed by atoms with van der Waals surface area (Å²) in [6.45, 7) is 1.09. The Morgan fingerprint density at radius 2 is 1.41 bits per heavy atom. The Morgan fingerprint density at radius 3 is 1.92 bits per heavy atom. The first-order valence-electron chi connectivity index (χ1n) is 10.6. The van der Waals surface area contributed by atoms with Crippen molar-refractivity contribution < 1.29 is 67.0 Å². The lowest BCUT2D eigenvalue weighted by Gasteiger charge is -2.38. The van der Waals surface area contributed by atoms with Gasteiger partial charge in [-0.1, -0.05) is 12.8 Å². The summed E-state index contributed by atoms with van der Waals surface area (Å²) in [5, 5.41) is 0.266. The Labute approximate surface area is 205 Å². The predicted octanol–water partition coefficient (Wildman–Crippen LogP) is 6.96. The van der Waals surface area contributed by atoms with Gasteiger partial charge >= 0.3 is 47.9 Å². The molecule has 212 valence electrons. The summed E-state index contributed by atoms with van der Waals surface area (Å²) in [4.78, 5) is 24.8. The molecule has 37 heavy (non-hydrogen) atoms. The number of rotatable bonds is 9. The fourth-order valence-electron chi connectivity index (χ4n) is 3.49. The molecule has 0 unspecified atom stereocenters. The number of nitrogens with one attached hydrogen (secondary N) is 1. The molecule has 0 atom stereocenters. The molecule has 0 radical (unpaired) electrons. The van der Waals surface area contributed by atoms with Gasteiger partial charge in [-0.25, -0.2) is 13.6 Å². The number of fused-ring (bicyclic) bond motifs is 1. The molecule has 1 heterocycles. The van der Waals surface area contributed by atoms with E-state index >= 15 is 0 Å². The third-order valence-electron chi connectivity index (χ3n) is 5.54. The number of amides is 1. The van der Waals surface area contributed by atoms with Gasteiger partial charge in [0, 0.05) is 4.88 Å². The van der Waals surface area contributed by atoms with Gasteiger partial charge in [-0.3, -0.25) is 4.79 Å². The second kappa shape index (κ2) is 10.5. The highest BCUT2D eigenvalue weighted by Crippen LogP contribution is 2.58. The van der Waals surface area contributed by atoms with E-state index in [1.54, 1.807) is 0 Å². The number of carbonyl (C=O) groups excluding carboxylic acids is 2. The van der Waals surface area contributed by atoms with Gasteiger partial charge in [-0.2, -0.15) is 43.9 Å². The summed E-state index contributed by atoms with van der Waals surface area (Å²) in [6.07, 6.45) is -2.80. The Balaban J connectivity index is 2.52. The van der Waals surface area contributed by atoms with Crippen LogP contribution in [0.15, 0.2) is 0 Å². The predicted molar refractivity (Wildman–Crippen MR) is 106 cm³/mol. The number of esters is 1. The van der Waals surface area contributed by atoms with Crippen molar-refractivity contribution in [1.29, 1.82) is 0 Å². The molecule has 1 aliphatic carbocycles. The molecule has 0 fully saturated rings. The van der Waals surface area contributed by atoms with Gasteiger partial charge in [0.1, 0.15) is 5.00 Å². The third-order valence-corrected chi connectivity index (χ3v) is 6.75. The molecule has 1 N–H and O–H groups in total. The number of alkyl halides is 12. The van der Waals surface area contributed by atoms with Crippen molar-refractivity contribution in [2.24, 2.45) is 0 Å². The lowest BCUT2D eigenvalue weighted by atomic mass is 9.94. The van der Waals surface area contributed by atoms with E-state index in [1.165, 1.54) is 6.92 Å². The van der Waals surface area contributed by atoms with E-state index in [0.29, 0.717) is 35.5 Å². The molecule has 1 aromatic rings. The molecule has 1 aromatic heterocycles. The van der Waals surface area contributed by atoms with Gasteiger partial charge in [0.25, 0.3) is 0 Å². The van der Waals surface area contributed by atoms with E-state index in [2.05, 4.69) is 0 Å². The number of carbonyl (C=O) groups is 2. The summed E-state index contributed by atoms with van der Waals surface area (Å²) < 4.78 is 166. The highest BCUT2D eigenvalue weighted by Gasteiger charge is 2.89. The van der Waals surface area contributed by atoms with E-state index in [-0.39, 0.29) is 25.0 Å². The van der Waals surface area contributed by atoms with Crippen LogP contribution in [0.4, 0.5) is 57.7 Å². The second-order valence-electron chi connectivity index (χ2n) is 8.02. The Morgan fingerprint density at radius 1 is 0.865 bits per heavy atom. The number of hydrogen-bond acceptors (Lipinski definition) is 4. The lowest BCUT2D eigenvalue weighted by Crippen LogP contribution is -2.70. The maximum Gasteiger partial charge on any atom is 0.393 e. The average Bonchev–Trinajstić information content (AvgIpc) is 3.08. The minimum Gasteiger partial charge on any atom is -0.462 e. The summed E-state index contributed by atoms with van der Waals surface area (Å²) in [7, 11) is 0. The van der Waals surface area contributed by atoms with Gasteiger partial charge < -0.3 is 10.1 Å². The largest absolute Gasteiger partial charge is 0.462 e. The SMILES string of the molecule is CCOC(=O)c1c(NC(=O)C(F)(F)C(F)(F)C(F)(F)C(F)(F)C(F)(F)C(F)F)sc2c1CCCCCC2. The van der Waals surface area contributed by atoms with Crippen LogP contribution in [0.25, 0.3) is 0 Å². The molecule has 0 aromatic carbocycles. The van der Waals surface area contributed by atoms with Gasteiger partial charge in [0.05, 0.1) is 12.2 Å². The highest BCUT2D eigenvalue weighted by atomic mass is 32.1. The normalized spacial score (nSPS) is 16.2. The molecule has 17 heteroatoms. The maximum atomic E-state index is 14.3. The number of thiophene rings is 1. The van der Waals surface area contributed by atoms with Crippen LogP contribution < -0.4 is 5.32 Å². The molecular formula is C20H19F12NO3S.